The third-order valence-corrected chi connectivity index (χ3v) is 5.83. The molecule has 4 atom stereocenters. The number of hydrogen-bond donors (Lipinski definition) is 2. The van der Waals surface area contributed by atoms with Gasteiger partial charge in [-0.3, -0.25) is 0 Å². The lowest BCUT2D eigenvalue weighted by Gasteiger charge is -2.34. The monoisotopic (exact) mass is 310 g/mol. The average molecular weight is 310 g/mol. The van der Waals surface area contributed by atoms with Crippen molar-refractivity contribution >= 4 is 10.0 Å². The zero-order chi connectivity index (χ0) is 15.5. The molecule has 0 aliphatic carbocycles. The van der Waals surface area contributed by atoms with Crippen LogP contribution in [0.4, 0.5) is 0 Å². The largest absolute Gasteiger partial charge is 0.310 e. The third kappa shape index (κ3) is 4.80. The average Bonchev–Trinajstić information content (AvgIpc) is 2.42. The molecular weight excluding hydrogens is 284 g/mol. The van der Waals surface area contributed by atoms with E-state index in [0.29, 0.717) is 6.04 Å². The van der Waals surface area contributed by atoms with Crippen molar-refractivity contribution in [2.45, 2.75) is 57.7 Å². The van der Waals surface area contributed by atoms with Gasteiger partial charge in [0.1, 0.15) is 0 Å². The van der Waals surface area contributed by atoms with Gasteiger partial charge in [0.15, 0.2) is 0 Å². The highest BCUT2D eigenvalue weighted by atomic mass is 32.2. The van der Waals surface area contributed by atoms with Gasteiger partial charge < -0.3 is 5.32 Å². The van der Waals surface area contributed by atoms with E-state index in [-0.39, 0.29) is 23.8 Å². The molecule has 2 N–H and O–H groups in total. The van der Waals surface area contributed by atoms with Gasteiger partial charge in [0.25, 0.3) is 0 Å². The molecule has 1 aliphatic rings. The summed E-state index contributed by atoms with van der Waals surface area (Å²) >= 11 is 0. The summed E-state index contributed by atoms with van der Waals surface area (Å²) < 4.78 is 27.6. The van der Waals surface area contributed by atoms with Gasteiger partial charge in [-0.1, -0.05) is 37.3 Å². The van der Waals surface area contributed by atoms with E-state index >= 15 is 0 Å². The van der Waals surface area contributed by atoms with Gasteiger partial charge in [-0.05, 0) is 38.2 Å². The second-order valence-electron chi connectivity index (χ2n) is 6.25. The highest BCUT2D eigenvalue weighted by molar-refractivity contribution is 7.89. The van der Waals surface area contributed by atoms with E-state index in [9.17, 15) is 8.42 Å². The van der Waals surface area contributed by atoms with E-state index < -0.39 is 10.0 Å². The Balaban J connectivity index is 1.96. The van der Waals surface area contributed by atoms with Crippen molar-refractivity contribution in [3.8, 4) is 0 Å². The van der Waals surface area contributed by atoms with Crippen molar-refractivity contribution in [1.82, 2.24) is 10.0 Å². The van der Waals surface area contributed by atoms with E-state index in [1.54, 1.807) is 0 Å². The Morgan fingerprint density at radius 3 is 2.52 bits per heavy atom. The molecule has 118 valence electrons. The number of hydrogen-bond acceptors (Lipinski definition) is 3. The first-order valence-corrected chi connectivity index (χ1v) is 9.33. The lowest BCUT2D eigenvalue weighted by atomic mass is 9.96. The summed E-state index contributed by atoms with van der Waals surface area (Å²) in [5, 5.41) is 3.41. The van der Waals surface area contributed by atoms with E-state index in [2.05, 4.69) is 17.0 Å². The maximum absolute atomic E-state index is 12.4. The Morgan fingerprint density at radius 1 is 1.24 bits per heavy atom. The Kier molecular flexibility index (Phi) is 5.41. The highest BCUT2D eigenvalue weighted by Gasteiger charge is 2.29. The van der Waals surface area contributed by atoms with Gasteiger partial charge in [0, 0.05) is 18.1 Å². The molecule has 0 aromatic heterocycles. The van der Waals surface area contributed by atoms with E-state index in [1.807, 2.05) is 44.2 Å². The summed E-state index contributed by atoms with van der Waals surface area (Å²) in [6.45, 7) is 6.14. The van der Waals surface area contributed by atoms with Crippen LogP contribution in [0.5, 0.6) is 0 Å². The van der Waals surface area contributed by atoms with Gasteiger partial charge in [0.2, 0.25) is 10.0 Å². The second kappa shape index (κ2) is 6.90. The molecule has 0 spiro atoms. The molecule has 1 saturated heterocycles. The van der Waals surface area contributed by atoms with Gasteiger partial charge >= 0.3 is 0 Å². The number of nitrogens with one attached hydrogen (secondary N) is 2. The maximum atomic E-state index is 12.4. The molecule has 4 nitrogen and oxygen atoms in total. The van der Waals surface area contributed by atoms with Crippen LogP contribution in [0.3, 0.4) is 0 Å². The quantitative estimate of drug-likeness (QED) is 0.877. The number of rotatable bonds is 5. The Labute approximate surface area is 128 Å². The summed E-state index contributed by atoms with van der Waals surface area (Å²) in [7, 11) is -3.27. The molecular formula is C16H26N2O2S. The molecule has 0 radical (unpaired) electrons. The van der Waals surface area contributed by atoms with Crippen molar-refractivity contribution < 1.29 is 8.42 Å². The SMILES string of the molecule is CC1CCC(NS(=O)(=O)CC(C)c2ccccc2)C(C)N1. The molecule has 1 aliphatic heterocycles. The predicted molar refractivity (Wildman–Crippen MR) is 86.9 cm³/mol. The fourth-order valence-electron chi connectivity index (χ4n) is 2.97. The molecule has 21 heavy (non-hydrogen) atoms. The first kappa shape index (κ1) is 16.5. The summed E-state index contributed by atoms with van der Waals surface area (Å²) in [5.74, 6) is 0.130. The summed E-state index contributed by atoms with van der Waals surface area (Å²) in [4.78, 5) is 0. The number of piperidine rings is 1. The first-order chi connectivity index (χ1) is 9.87. The van der Waals surface area contributed by atoms with Crippen LogP contribution >= 0.6 is 0 Å². The number of benzene rings is 1. The van der Waals surface area contributed by atoms with Crippen LogP contribution in [0.1, 0.15) is 45.1 Å². The zero-order valence-corrected chi connectivity index (χ0v) is 13.9. The topological polar surface area (TPSA) is 58.2 Å². The predicted octanol–water partition coefficient (Wildman–Crippen LogP) is 2.24. The van der Waals surface area contributed by atoms with Crippen LogP contribution in [0, 0.1) is 0 Å². The van der Waals surface area contributed by atoms with Crippen molar-refractivity contribution in [1.29, 1.82) is 0 Å². The molecule has 5 heteroatoms. The second-order valence-corrected chi connectivity index (χ2v) is 8.05. The van der Waals surface area contributed by atoms with Crippen molar-refractivity contribution in [2.75, 3.05) is 5.75 Å². The number of sulfonamides is 1. The van der Waals surface area contributed by atoms with Gasteiger partial charge in [-0.15, -0.1) is 0 Å². The lowest BCUT2D eigenvalue weighted by molar-refractivity contribution is 0.296. The van der Waals surface area contributed by atoms with Crippen LogP contribution in [0.15, 0.2) is 30.3 Å². The Hall–Kier alpha value is -0.910. The van der Waals surface area contributed by atoms with Crippen molar-refractivity contribution in [2.24, 2.45) is 0 Å². The smallest absolute Gasteiger partial charge is 0.212 e. The molecule has 1 aromatic rings. The first-order valence-electron chi connectivity index (χ1n) is 7.68. The molecule has 1 heterocycles. The highest BCUT2D eigenvalue weighted by Crippen LogP contribution is 2.18. The van der Waals surface area contributed by atoms with Gasteiger partial charge in [0.05, 0.1) is 5.75 Å². The Morgan fingerprint density at radius 2 is 1.90 bits per heavy atom. The van der Waals surface area contributed by atoms with E-state index in [4.69, 9.17) is 0 Å². The summed E-state index contributed by atoms with van der Waals surface area (Å²) in [6.07, 6.45) is 1.90. The van der Waals surface area contributed by atoms with Crippen LogP contribution in [0.25, 0.3) is 0 Å². The minimum absolute atomic E-state index is 0.00511. The Bertz CT molecular complexity index is 545. The molecule has 0 bridgehead atoms. The van der Waals surface area contributed by atoms with Crippen molar-refractivity contribution in [3.05, 3.63) is 35.9 Å². The van der Waals surface area contributed by atoms with E-state index in [1.165, 1.54) is 0 Å². The molecule has 0 saturated carbocycles. The van der Waals surface area contributed by atoms with Crippen LogP contribution in [-0.4, -0.2) is 32.3 Å². The maximum Gasteiger partial charge on any atom is 0.212 e. The van der Waals surface area contributed by atoms with Crippen molar-refractivity contribution in [3.63, 3.8) is 0 Å². The molecule has 1 fully saturated rings. The normalized spacial score (nSPS) is 28.2. The molecule has 0 amide bonds. The van der Waals surface area contributed by atoms with E-state index in [0.717, 1.165) is 18.4 Å². The fraction of sp³-hybridized carbons (Fsp3) is 0.625. The summed E-state index contributed by atoms with van der Waals surface area (Å²) in [6, 6.07) is 10.4. The van der Waals surface area contributed by atoms with Gasteiger partial charge in [-0.25, -0.2) is 13.1 Å². The molecule has 4 unspecified atom stereocenters. The standard InChI is InChI=1S/C16H26N2O2S/c1-12(15-7-5-4-6-8-15)11-21(19,20)18-16-10-9-13(2)17-14(16)3/h4-8,12-14,16-18H,9-11H2,1-3H3. The minimum atomic E-state index is -3.27. The summed E-state index contributed by atoms with van der Waals surface area (Å²) in [5.41, 5.74) is 1.06. The molecule has 2 rings (SSSR count). The third-order valence-electron chi connectivity index (χ3n) is 4.23. The molecule has 1 aromatic carbocycles. The van der Waals surface area contributed by atoms with Crippen LogP contribution in [-0.2, 0) is 10.0 Å². The zero-order valence-electron chi connectivity index (χ0n) is 13.0. The fourth-order valence-corrected chi connectivity index (χ4v) is 4.70. The van der Waals surface area contributed by atoms with Gasteiger partial charge in [-0.2, -0.15) is 0 Å². The van der Waals surface area contributed by atoms with Crippen LogP contribution < -0.4 is 10.0 Å². The lowest BCUT2D eigenvalue weighted by Crippen LogP contribution is -2.55. The van der Waals surface area contributed by atoms with Crippen LogP contribution in [0.2, 0.25) is 0 Å². The minimum Gasteiger partial charge on any atom is -0.310 e.